The summed E-state index contributed by atoms with van der Waals surface area (Å²) in [6, 6.07) is 3.94. The second-order valence-corrected chi connectivity index (χ2v) is 6.49. The lowest BCUT2D eigenvalue weighted by Gasteiger charge is -2.19. The van der Waals surface area contributed by atoms with Gasteiger partial charge < -0.3 is 15.8 Å². The Bertz CT molecular complexity index is 498. The van der Waals surface area contributed by atoms with Crippen molar-refractivity contribution in [1.82, 2.24) is 0 Å². The standard InChI is InChI=1S/C14H19FN2O2S/c1-8-13(5-6-19-8)20-9(2)14(18)17-12-4-3-10(15)7-11(12)16/h3-4,7-9,13H,5-6,16H2,1-2H3,(H,17,18). The largest absolute Gasteiger partial charge is 0.397 e. The van der Waals surface area contributed by atoms with Gasteiger partial charge in [0, 0.05) is 11.9 Å². The maximum absolute atomic E-state index is 12.9. The molecule has 1 fully saturated rings. The zero-order valence-corrected chi connectivity index (χ0v) is 12.4. The van der Waals surface area contributed by atoms with Crippen LogP contribution in [0.5, 0.6) is 0 Å². The van der Waals surface area contributed by atoms with Crippen molar-refractivity contribution in [1.29, 1.82) is 0 Å². The molecule has 1 aromatic carbocycles. The predicted molar refractivity (Wildman–Crippen MR) is 80.3 cm³/mol. The number of thioether (sulfide) groups is 1. The number of benzene rings is 1. The number of anilines is 2. The molecule has 0 radical (unpaired) electrons. The smallest absolute Gasteiger partial charge is 0.237 e. The molecule has 0 saturated carbocycles. The first-order valence-corrected chi connectivity index (χ1v) is 7.54. The molecular formula is C14H19FN2O2S. The molecule has 1 aliphatic rings. The number of nitrogens with two attached hydrogens (primary N) is 1. The molecular weight excluding hydrogens is 279 g/mol. The van der Waals surface area contributed by atoms with Gasteiger partial charge in [-0.25, -0.2) is 4.39 Å². The number of carbonyl (C=O) groups is 1. The van der Waals surface area contributed by atoms with Crippen LogP contribution in [0.25, 0.3) is 0 Å². The van der Waals surface area contributed by atoms with Crippen LogP contribution in [0.2, 0.25) is 0 Å². The van der Waals surface area contributed by atoms with Crippen molar-refractivity contribution in [2.24, 2.45) is 0 Å². The fourth-order valence-electron chi connectivity index (χ4n) is 2.10. The molecule has 0 bridgehead atoms. The molecule has 2 rings (SSSR count). The number of hydrogen-bond donors (Lipinski definition) is 2. The number of rotatable bonds is 4. The summed E-state index contributed by atoms with van der Waals surface area (Å²) in [6.45, 7) is 4.62. The van der Waals surface area contributed by atoms with Gasteiger partial charge in [-0.2, -0.15) is 0 Å². The van der Waals surface area contributed by atoms with Crippen LogP contribution in [0.3, 0.4) is 0 Å². The van der Waals surface area contributed by atoms with Crippen molar-refractivity contribution in [3.05, 3.63) is 24.0 Å². The van der Waals surface area contributed by atoms with E-state index in [0.29, 0.717) is 10.9 Å². The number of nitrogens with one attached hydrogen (secondary N) is 1. The second kappa shape index (κ2) is 6.45. The molecule has 20 heavy (non-hydrogen) atoms. The molecule has 110 valence electrons. The highest BCUT2D eigenvalue weighted by atomic mass is 32.2. The molecule has 1 aromatic rings. The highest BCUT2D eigenvalue weighted by molar-refractivity contribution is 8.01. The van der Waals surface area contributed by atoms with Gasteiger partial charge in [0.1, 0.15) is 5.82 Å². The number of hydrogen-bond acceptors (Lipinski definition) is 4. The van der Waals surface area contributed by atoms with Crippen molar-refractivity contribution >= 4 is 29.0 Å². The van der Waals surface area contributed by atoms with Gasteiger partial charge in [0.05, 0.1) is 22.7 Å². The van der Waals surface area contributed by atoms with Gasteiger partial charge in [-0.15, -0.1) is 11.8 Å². The second-order valence-electron chi connectivity index (χ2n) is 4.90. The summed E-state index contributed by atoms with van der Waals surface area (Å²) in [5, 5.41) is 2.85. The molecule has 1 saturated heterocycles. The van der Waals surface area contributed by atoms with Crippen molar-refractivity contribution < 1.29 is 13.9 Å². The van der Waals surface area contributed by atoms with Crippen LogP contribution in [-0.2, 0) is 9.53 Å². The average molecular weight is 298 g/mol. The van der Waals surface area contributed by atoms with Crippen LogP contribution in [-0.4, -0.2) is 29.1 Å². The van der Waals surface area contributed by atoms with E-state index in [4.69, 9.17) is 10.5 Å². The Balaban J connectivity index is 1.93. The SMILES string of the molecule is CC(SC1CCOC1C)C(=O)Nc1ccc(F)cc1N. The Labute approximate surface area is 122 Å². The van der Waals surface area contributed by atoms with E-state index in [9.17, 15) is 9.18 Å². The van der Waals surface area contributed by atoms with Gasteiger partial charge in [0.15, 0.2) is 0 Å². The number of nitrogen functional groups attached to an aromatic ring is 1. The van der Waals surface area contributed by atoms with Gasteiger partial charge >= 0.3 is 0 Å². The van der Waals surface area contributed by atoms with E-state index in [1.54, 1.807) is 11.8 Å². The molecule has 4 nitrogen and oxygen atoms in total. The molecule has 0 aromatic heterocycles. The first kappa shape index (κ1) is 15.1. The molecule has 6 heteroatoms. The normalized spacial score (nSPS) is 23.6. The van der Waals surface area contributed by atoms with Crippen LogP contribution >= 0.6 is 11.8 Å². The fourth-order valence-corrected chi connectivity index (χ4v) is 3.34. The first-order chi connectivity index (χ1) is 9.47. The Hall–Kier alpha value is -1.27. The highest BCUT2D eigenvalue weighted by Crippen LogP contribution is 2.30. The Kier molecular flexibility index (Phi) is 4.88. The van der Waals surface area contributed by atoms with Gasteiger partial charge in [-0.3, -0.25) is 4.79 Å². The van der Waals surface area contributed by atoms with Crippen LogP contribution < -0.4 is 11.1 Å². The molecule has 3 N–H and O–H groups in total. The summed E-state index contributed by atoms with van der Waals surface area (Å²) in [5.74, 6) is -0.549. The maximum Gasteiger partial charge on any atom is 0.237 e. The van der Waals surface area contributed by atoms with Crippen LogP contribution in [0, 0.1) is 5.82 Å². The Morgan fingerprint density at radius 3 is 2.95 bits per heavy atom. The van der Waals surface area contributed by atoms with Crippen molar-refractivity contribution in [2.75, 3.05) is 17.7 Å². The topological polar surface area (TPSA) is 64.3 Å². The summed E-state index contributed by atoms with van der Waals surface area (Å²) in [6.07, 6.45) is 1.13. The summed E-state index contributed by atoms with van der Waals surface area (Å²) in [4.78, 5) is 12.1. The third kappa shape index (κ3) is 3.64. The lowest BCUT2D eigenvalue weighted by molar-refractivity contribution is -0.115. The van der Waals surface area contributed by atoms with Crippen LogP contribution in [0.4, 0.5) is 15.8 Å². The van der Waals surface area contributed by atoms with Crippen molar-refractivity contribution in [2.45, 2.75) is 36.9 Å². The monoisotopic (exact) mass is 298 g/mol. The Morgan fingerprint density at radius 2 is 2.35 bits per heavy atom. The van der Waals surface area contributed by atoms with Crippen LogP contribution in [0.1, 0.15) is 20.3 Å². The zero-order chi connectivity index (χ0) is 14.7. The van der Waals surface area contributed by atoms with Gasteiger partial charge in [-0.05, 0) is 38.5 Å². The number of halogens is 1. The van der Waals surface area contributed by atoms with E-state index in [2.05, 4.69) is 5.32 Å². The van der Waals surface area contributed by atoms with E-state index in [1.807, 2.05) is 13.8 Å². The molecule has 1 amide bonds. The third-order valence-corrected chi connectivity index (χ3v) is 4.92. The summed E-state index contributed by atoms with van der Waals surface area (Å²) < 4.78 is 18.4. The molecule has 3 unspecified atom stereocenters. The van der Waals surface area contributed by atoms with E-state index in [0.717, 1.165) is 13.0 Å². The molecule has 3 atom stereocenters. The van der Waals surface area contributed by atoms with E-state index < -0.39 is 5.82 Å². The first-order valence-electron chi connectivity index (χ1n) is 6.60. The molecule has 0 spiro atoms. The third-order valence-electron chi connectivity index (χ3n) is 3.33. The maximum atomic E-state index is 12.9. The summed E-state index contributed by atoms with van der Waals surface area (Å²) in [7, 11) is 0. The Morgan fingerprint density at radius 1 is 1.60 bits per heavy atom. The van der Waals surface area contributed by atoms with Crippen molar-refractivity contribution in [3.63, 3.8) is 0 Å². The highest BCUT2D eigenvalue weighted by Gasteiger charge is 2.28. The predicted octanol–water partition coefficient (Wildman–Crippen LogP) is 2.65. The average Bonchev–Trinajstić information content (AvgIpc) is 2.78. The summed E-state index contributed by atoms with van der Waals surface area (Å²) in [5.41, 5.74) is 6.35. The molecule has 1 heterocycles. The minimum Gasteiger partial charge on any atom is -0.397 e. The quantitative estimate of drug-likeness (QED) is 0.839. The number of amides is 1. The van der Waals surface area contributed by atoms with E-state index >= 15 is 0 Å². The fraction of sp³-hybridized carbons (Fsp3) is 0.500. The zero-order valence-electron chi connectivity index (χ0n) is 11.6. The lowest BCUT2D eigenvalue weighted by Crippen LogP contribution is -2.27. The number of ether oxygens (including phenoxy) is 1. The van der Waals surface area contributed by atoms with Gasteiger partial charge in [-0.1, -0.05) is 0 Å². The number of carbonyl (C=O) groups excluding carboxylic acids is 1. The van der Waals surface area contributed by atoms with Gasteiger partial charge in [0.25, 0.3) is 0 Å². The molecule has 0 aliphatic carbocycles. The van der Waals surface area contributed by atoms with E-state index in [-0.39, 0.29) is 22.9 Å². The van der Waals surface area contributed by atoms with Crippen LogP contribution in [0.15, 0.2) is 18.2 Å². The minimum absolute atomic E-state index is 0.132. The van der Waals surface area contributed by atoms with Crippen molar-refractivity contribution in [3.8, 4) is 0 Å². The summed E-state index contributed by atoms with van der Waals surface area (Å²) >= 11 is 1.60. The van der Waals surface area contributed by atoms with Gasteiger partial charge in [0.2, 0.25) is 5.91 Å². The minimum atomic E-state index is -0.417. The van der Waals surface area contributed by atoms with E-state index in [1.165, 1.54) is 18.2 Å². The molecule has 1 aliphatic heterocycles. The lowest BCUT2D eigenvalue weighted by atomic mass is 10.2.